The third kappa shape index (κ3) is 4.23. The molecule has 1 aromatic carbocycles. The van der Waals surface area contributed by atoms with Crippen LogP contribution in [0.15, 0.2) is 40.8 Å². The van der Waals surface area contributed by atoms with Gasteiger partial charge in [0.1, 0.15) is 16.4 Å². The molecule has 0 aliphatic heterocycles. The molecule has 0 atom stereocenters. The number of nitro groups is 1. The van der Waals surface area contributed by atoms with Gasteiger partial charge in [0.15, 0.2) is 6.61 Å². The second-order valence-corrected chi connectivity index (χ2v) is 4.13. The van der Waals surface area contributed by atoms with Gasteiger partial charge in [0.25, 0.3) is 5.91 Å². The van der Waals surface area contributed by atoms with Gasteiger partial charge < -0.3 is 20.2 Å². The van der Waals surface area contributed by atoms with Crippen LogP contribution in [0.2, 0.25) is 0 Å². The number of rotatable bonds is 7. The van der Waals surface area contributed by atoms with Crippen LogP contribution in [0.1, 0.15) is 5.76 Å². The summed E-state index contributed by atoms with van der Waals surface area (Å²) in [5.41, 5.74) is 5.75. The van der Waals surface area contributed by atoms with Crippen LogP contribution in [0.3, 0.4) is 0 Å². The van der Waals surface area contributed by atoms with E-state index in [1.165, 1.54) is 12.1 Å². The highest BCUT2D eigenvalue weighted by atomic mass is 16.6. The molecular formula is C13H13N3O5. The Morgan fingerprint density at radius 1 is 1.29 bits per heavy atom. The molecule has 2 rings (SSSR count). The summed E-state index contributed by atoms with van der Waals surface area (Å²) in [4.78, 5) is 20.5. The first-order chi connectivity index (χ1) is 10.0. The minimum absolute atomic E-state index is 0.178. The van der Waals surface area contributed by atoms with E-state index in [2.05, 4.69) is 5.32 Å². The molecule has 0 bridgehead atoms. The summed E-state index contributed by atoms with van der Waals surface area (Å²) in [6, 6.07) is 9.68. The number of amides is 1. The second-order valence-electron chi connectivity index (χ2n) is 4.13. The highest BCUT2D eigenvalue weighted by Crippen LogP contribution is 2.19. The molecule has 1 heterocycles. The van der Waals surface area contributed by atoms with Gasteiger partial charge >= 0.3 is 5.88 Å². The molecule has 0 saturated heterocycles. The Balaban J connectivity index is 1.88. The van der Waals surface area contributed by atoms with Crippen LogP contribution in [0.5, 0.6) is 5.75 Å². The van der Waals surface area contributed by atoms with Gasteiger partial charge in [-0.05, 0) is 30.3 Å². The van der Waals surface area contributed by atoms with Gasteiger partial charge in [0.2, 0.25) is 0 Å². The van der Waals surface area contributed by atoms with E-state index in [9.17, 15) is 14.9 Å². The molecule has 110 valence electrons. The zero-order valence-electron chi connectivity index (χ0n) is 10.9. The number of ether oxygens (including phenoxy) is 1. The van der Waals surface area contributed by atoms with E-state index < -0.39 is 10.8 Å². The molecule has 0 radical (unpaired) electrons. The minimum atomic E-state index is -0.589. The summed E-state index contributed by atoms with van der Waals surface area (Å²) in [5, 5.41) is 13.5. The molecule has 0 fully saturated rings. The van der Waals surface area contributed by atoms with Crippen molar-refractivity contribution in [2.75, 3.05) is 11.9 Å². The van der Waals surface area contributed by atoms with E-state index in [4.69, 9.17) is 14.9 Å². The molecule has 1 aromatic heterocycles. The summed E-state index contributed by atoms with van der Waals surface area (Å²) in [6.07, 6.45) is 0. The van der Waals surface area contributed by atoms with Crippen LogP contribution in [0.25, 0.3) is 0 Å². The van der Waals surface area contributed by atoms with Gasteiger partial charge in [0.05, 0.1) is 12.6 Å². The first-order valence-electron chi connectivity index (χ1n) is 6.03. The van der Waals surface area contributed by atoms with Crippen molar-refractivity contribution in [2.24, 2.45) is 5.73 Å². The first-order valence-corrected chi connectivity index (χ1v) is 6.03. The van der Waals surface area contributed by atoms with Crippen molar-refractivity contribution < 1.29 is 18.9 Å². The lowest BCUT2D eigenvalue weighted by molar-refractivity contribution is -0.402. The van der Waals surface area contributed by atoms with E-state index in [1.807, 2.05) is 0 Å². The molecule has 0 saturated carbocycles. The molecule has 0 aliphatic rings. The average Bonchev–Trinajstić information content (AvgIpc) is 2.93. The van der Waals surface area contributed by atoms with Gasteiger partial charge in [-0.3, -0.25) is 14.9 Å². The average molecular weight is 291 g/mol. The highest BCUT2D eigenvalue weighted by molar-refractivity contribution is 5.75. The topological polar surface area (TPSA) is 121 Å². The van der Waals surface area contributed by atoms with E-state index >= 15 is 0 Å². The lowest BCUT2D eigenvalue weighted by Gasteiger charge is -2.06. The second kappa shape index (κ2) is 6.42. The Morgan fingerprint density at radius 3 is 2.57 bits per heavy atom. The third-order valence-corrected chi connectivity index (χ3v) is 2.53. The summed E-state index contributed by atoms with van der Waals surface area (Å²) in [5.74, 6) is 0.141. The van der Waals surface area contributed by atoms with Crippen LogP contribution in [0.4, 0.5) is 11.6 Å². The molecule has 2 aromatic rings. The minimum Gasteiger partial charge on any atom is -0.484 e. The van der Waals surface area contributed by atoms with E-state index in [-0.39, 0.29) is 12.5 Å². The Bertz CT molecular complexity index is 636. The Morgan fingerprint density at radius 2 is 2.00 bits per heavy atom. The SMILES string of the molecule is NC(=O)COc1ccc(NCc2ccc([N+](=O)[O-])o2)cc1. The van der Waals surface area contributed by atoms with Crippen molar-refractivity contribution >= 4 is 17.5 Å². The van der Waals surface area contributed by atoms with Crippen LogP contribution >= 0.6 is 0 Å². The number of anilines is 1. The molecule has 0 unspecified atom stereocenters. The maximum absolute atomic E-state index is 10.6. The number of primary amides is 1. The van der Waals surface area contributed by atoms with E-state index in [0.29, 0.717) is 18.1 Å². The normalized spacial score (nSPS) is 10.1. The van der Waals surface area contributed by atoms with Crippen LogP contribution < -0.4 is 15.8 Å². The van der Waals surface area contributed by atoms with Crippen LogP contribution in [0, 0.1) is 10.1 Å². The van der Waals surface area contributed by atoms with Crippen molar-refractivity contribution in [1.29, 1.82) is 0 Å². The van der Waals surface area contributed by atoms with Crippen LogP contribution in [-0.2, 0) is 11.3 Å². The molecule has 21 heavy (non-hydrogen) atoms. The zero-order valence-corrected chi connectivity index (χ0v) is 10.9. The van der Waals surface area contributed by atoms with Gasteiger partial charge in [-0.25, -0.2) is 0 Å². The number of nitrogens with one attached hydrogen (secondary N) is 1. The van der Waals surface area contributed by atoms with E-state index in [1.54, 1.807) is 24.3 Å². The maximum atomic E-state index is 10.6. The quantitative estimate of drug-likeness (QED) is 0.591. The fraction of sp³-hybridized carbons (Fsp3) is 0.154. The van der Waals surface area contributed by atoms with Gasteiger partial charge in [-0.2, -0.15) is 0 Å². The number of benzene rings is 1. The monoisotopic (exact) mass is 291 g/mol. The smallest absolute Gasteiger partial charge is 0.433 e. The fourth-order valence-corrected chi connectivity index (χ4v) is 1.57. The number of carbonyl (C=O) groups is 1. The number of nitrogens with zero attached hydrogens (tertiary/aromatic N) is 1. The van der Waals surface area contributed by atoms with Crippen molar-refractivity contribution in [3.63, 3.8) is 0 Å². The molecule has 0 spiro atoms. The predicted octanol–water partition coefficient (Wildman–Crippen LogP) is 1.66. The van der Waals surface area contributed by atoms with Gasteiger partial charge in [0, 0.05) is 5.69 Å². The lowest BCUT2D eigenvalue weighted by atomic mass is 10.3. The molecule has 3 N–H and O–H groups in total. The Kier molecular flexibility index (Phi) is 4.39. The maximum Gasteiger partial charge on any atom is 0.433 e. The zero-order chi connectivity index (χ0) is 15.2. The highest BCUT2D eigenvalue weighted by Gasteiger charge is 2.11. The molecule has 0 aliphatic carbocycles. The summed E-state index contributed by atoms with van der Waals surface area (Å²) < 4.78 is 10.1. The summed E-state index contributed by atoms with van der Waals surface area (Å²) in [6.45, 7) is 0.137. The van der Waals surface area contributed by atoms with Crippen LogP contribution in [-0.4, -0.2) is 17.4 Å². The standard InChI is InChI=1S/C13H13N3O5/c14-12(17)8-20-10-3-1-9(2-4-10)15-7-11-5-6-13(21-11)16(18)19/h1-6,15H,7-8H2,(H2,14,17). The number of carbonyl (C=O) groups excluding carboxylic acids is 1. The molecule has 8 nitrogen and oxygen atoms in total. The van der Waals surface area contributed by atoms with Crippen molar-refractivity contribution in [3.05, 3.63) is 52.3 Å². The van der Waals surface area contributed by atoms with Crippen molar-refractivity contribution in [2.45, 2.75) is 6.54 Å². The predicted molar refractivity (Wildman–Crippen MR) is 73.8 cm³/mol. The van der Waals surface area contributed by atoms with Gasteiger partial charge in [-0.15, -0.1) is 0 Å². The summed E-state index contributed by atoms with van der Waals surface area (Å²) in [7, 11) is 0. The number of hydrogen-bond acceptors (Lipinski definition) is 6. The fourth-order valence-electron chi connectivity index (χ4n) is 1.57. The number of nitrogens with two attached hydrogens (primary N) is 1. The third-order valence-electron chi connectivity index (χ3n) is 2.53. The summed E-state index contributed by atoms with van der Waals surface area (Å²) >= 11 is 0. The van der Waals surface area contributed by atoms with Gasteiger partial charge in [-0.1, -0.05) is 0 Å². The molecule has 8 heteroatoms. The molecular weight excluding hydrogens is 278 g/mol. The largest absolute Gasteiger partial charge is 0.484 e. The lowest BCUT2D eigenvalue weighted by Crippen LogP contribution is -2.19. The van der Waals surface area contributed by atoms with Crippen molar-refractivity contribution in [3.8, 4) is 5.75 Å². The van der Waals surface area contributed by atoms with E-state index in [0.717, 1.165) is 5.69 Å². The Labute approximate surface area is 119 Å². The Hall–Kier alpha value is -3.03. The number of hydrogen-bond donors (Lipinski definition) is 2. The first kappa shape index (κ1) is 14.4. The van der Waals surface area contributed by atoms with Crippen molar-refractivity contribution in [1.82, 2.24) is 0 Å². The molecule has 1 amide bonds. The number of furan rings is 1.